The summed E-state index contributed by atoms with van der Waals surface area (Å²) in [6, 6.07) is 10.6. The van der Waals surface area contributed by atoms with Crippen molar-refractivity contribution in [1.29, 1.82) is 0 Å². The number of benzene rings is 1. The van der Waals surface area contributed by atoms with Gasteiger partial charge in [0.05, 0.1) is 18.0 Å². The van der Waals surface area contributed by atoms with Crippen molar-refractivity contribution in [3.8, 4) is 11.1 Å². The van der Waals surface area contributed by atoms with Crippen LogP contribution in [-0.4, -0.2) is 59.7 Å². The van der Waals surface area contributed by atoms with Gasteiger partial charge in [0.1, 0.15) is 18.1 Å². The van der Waals surface area contributed by atoms with Gasteiger partial charge in [0.2, 0.25) is 5.91 Å². The topological polar surface area (TPSA) is 111 Å². The number of pyridine rings is 1. The monoisotopic (exact) mass is 508 g/mol. The van der Waals surface area contributed by atoms with E-state index in [2.05, 4.69) is 20.1 Å². The molecule has 0 N–H and O–H groups in total. The predicted octanol–water partition coefficient (Wildman–Crippen LogP) is 3.68. The summed E-state index contributed by atoms with van der Waals surface area (Å²) < 4.78 is 1.55. The Morgan fingerprint density at radius 3 is 2.53 bits per heavy atom. The average Bonchev–Trinajstić information content (AvgIpc) is 3.27. The second-order valence-electron chi connectivity index (χ2n) is 9.50. The van der Waals surface area contributed by atoms with E-state index in [1.807, 2.05) is 62.4 Å². The molecule has 5 rings (SSSR count). The van der Waals surface area contributed by atoms with E-state index in [0.29, 0.717) is 41.1 Å². The third-order valence-corrected chi connectivity index (χ3v) is 6.68. The third kappa shape index (κ3) is 5.13. The van der Waals surface area contributed by atoms with E-state index in [1.165, 1.54) is 6.92 Å². The Bertz CT molecular complexity index is 1570. The van der Waals surface area contributed by atoms with Crippen LogP contribution in [0.15, 0.2) is 60.9 Å². The first-order valence-corrected chi connectivity index (χ1v) is 12.5. The minimum absolute atomic E-state index is 0.0551. The van der Waals surface area contributed by atoms with E-state index in [0.717, 1.165) is 16.8 Å². The van der Waals surface area contributed by atoms with E-state index in [1.54, 1.807) is 22.0 Å². The van der Waals surface area contributed by atoms with Gasteiger partial charge in [0.25, 0.3) is 0 Å². The minimum Gasteiger partial charge on any atom is -0.327 e. The quantitative estimate of drug-likeness (QED) is 0.277. The summed E-state index contributed by atoms with van der Waals surface area (Å²) >= 11 is 0. The van der Waals surface area contributed by atoms with Gasteiger partial charge in [-0.1, -0.05) is 24.3 Å². The van der Waals surface area contributed by atoms with Crippen molar-refractivity contribution in [2.24, 2.45) is 0 Å². The number of carbonyl (C=O) groups excluding carboxylic acids is 3. The highest BCUT2D eigenvalue weighted by molar-refractivity contribution is 6.06. The van der Waals surface area contributed by atoms with E-state index in [9.17, 15) is 14.4 Å². The molecule has 9 heteroatoms. The highest BCUT2D eigenvalue weighted by Crippen LogP contribution is 2.27. The molecule has 0 aliphatic carbocycles. The number of aryl methyl sites for hydroxylation is 2. The molecule has 0 fully saturated rings. The Hall–Kier alpha value is -4.53. The molecule has 38 heavy (non-hydrogen) atoms. The van der Waals surface area contributed by atoms with Crippen LogP contribution in [-0.2, 0) is 22.6 Å². The Kier molecular flexibility index (Phi) is 6.91. The fourth-order valence-electron chi connectivity index (χ4n) is 4.74. The zero-order valence-electron chi connectivity index (χ0n) is 21.6. The van der Waals surface area contributed by atoms with E-state index in [4.69, 9.17) is 0 Å². The van der Waals surface area contributed by atoms with Gasteiger partial charge in [-0.2, -0.15) is 5.10 Å². The molecule has 4 aromatic rings. The summed E-state index contributed by atoms with van der Waals surface area (Å²) in [5.74, 6) is 0.184. The first-order valence-electron chi connectivity index (χ1n) is 12.5. The lowest BCUT2D eigenvalue weighted by molar-refractivity contribution is -0.139. The van der Waals surface area contributed by atoms with Crippen molar-refractivity contribution in [2.75, 3.05) is 6.54 Å². The van der Waals surface area contributed by atoms with Gasteiger partial charge in [-0.15, -0.1) is 0 Å². The number of fused-ring (bicyclic) bond motifs is 1. The van der Waals surface area contributed by atoms with Crippen LogP contribution in [0.2, 0.25) is 0 Å². The molecule has 4 heterocycles. The minimum atomic E-state index is -0.572. The normalized spacial score (nSPS) is 15.1. The van der Waals surface area contributed by atoms with Gasteiger partial charge in [-0.05, 0) is 50.1 Å². The molecule has 192 valence electrons. The summed E-state index contributed by atoms with van der Waals surface area (Å²) in [5, 5.41) is 5.15. The molecule has 1 atom stereocenters. The van der Waals surface area contributed by atoms with Crippen LogP contribution < -0.4 is 0 Å². The molecular formula is C29H28N6O3. The van der Waals surface area contributed by atoms with Crippen molar-refractivity contribution in [1.82, 2.24) is 29.6 Å². The molecule has 0 radical (unpaired) electrons. The standard InChI is InChI=1S/C29H28N6O3/c1-18-7-6-8-23(32-18)14-27(37)26-9-4-5-12-34(26)28(38)17-35-25-11-10-21(22-15-30-20(3)31-16-22)13-24(25)29(33-35)19(2)36/h4-8,10-11,13,15-16,26H,9,12,14,17H2,1-3H3/t26-/m0/s1. The molecule has 0 saturated heterocycles. The number of ketones is 2. The Morgan fingerprint density at radius 1 is 1.00 bits per heavy atom. The molecule has 0 unspecified atom stereocenters. The molecular weight excluding hydrogens is 480 g/mol. The number of nitrogens with zero attached hydrogens (tertiary/aromatic N) is 6. The van der Waals surface area contributed by atoms with E-state index >= 15 is 0 Å². The van der Waals surface area contributed by atoms with Crippen molar-refractivity contribution < 1.29 is 14.4 Å². The average molecular weight is 509 g/mol. The van der Waals surface area contributed by atoms with Gasteiger partial charge in [-0.25, -0.2) is 9.97 Å². The first kappa shape index (κ1) is 25.1. The molecule has 1 aliphatic rings. The Morgan fingerprint density at radius 2 is 1.79 bits per heavy atom. The summed E-state index contributed by atoms with van der Waals surface area (Å²) in [5.41, 5.74) is 4.16. The van der Waals surface area contributed by atoms with Crippen LogP contribution in [0.5, 0.6) is 0 Å². The van der Waals surface area contributed by atoms with Crippen molar-refractivity contribution in [3.05, 3.63) is 83.9 Å². The van der Waals surface area contributed by atoms with Crippen molar-refractivity contribution in [3.63, 3.8) is 0 Å². The maximum Gasteiger partial charge on any atom is 0.245 e. The Labute approximate surface area is 220 Å². The van der Waals surface area contributed by atoms with Gasteiger partial charge >= 0.3 is 0 Å². The Balaban J connectivity index is 1.41. The number of carbonyl (C=O) groups is 3. The second-order valence-corrected chi connectivity index (χ2v) is 9.50. The fourth-order valence-corrected chi connectivity index (χ4v) is 4.74. The molecule has 3 aromatic heterocycles. The number of Topliss-reactive ketones (excluding diaryl/α,β-unsaturated/α-hetero) is 2. The van der Waals surface area contributed by atoms with Gasteiger partial charge < -0.3 is 4.90 Å². The summed E-state index contributed by atoms with van der Waals surface area (Å²) in [7, 11) is 0. The summed E-state index contributed by atoms with van der Waals surface area (Å²) in [4.78, 5) is 53.7. The lowest BCUT2D eigenvalue weighted by Crippen LogP contribution is -2.48. The maximum atomic E-state index is 13.5. The highest BCUT2D eigenvalue weighted by atomic mass is 16.2. The fraction of sp³-hybridized carbons (Fsp3) is 0.276. The summed E-state index contributed by atoms with van der Waals surface area (Å²) in [6.45, 7) is 5.41. The van der Waals surface area contributed by atoms with Crippen molar-refractivity contribution in [2.45, 2.75) is 46.2 Å². The van der Waals surface area contributed by atoms with Crippen LogP contribution in [0.1, 0.15) is 41.0 Å². The van der Waals surface area contributed by atoms with Crippen LogP contribution >= 0.6 is 0 Å². The lowest BCUT2D eigenvalue weighted by Gasteiger charge is -2.32. The highest BCUT2D eigenvalue weighted by Gasteiger charge is 2.31. The van der Waals surface area contributed by atoms with Crippen LogP contribution in [0.3, 0.4) is 0 Å². The third-order valence-electron chi connectivity index (χ3n) is 6.68. The molecule has 1 aromatic carbocycles. The molecule has 1 amide bonds. The largest absolute Gasteiger partial charge is 0.327 e. The van der Waals surface area contributed by atoms with Crippen molar-refractivity contribution >= 4 is 28.4 Å². The van der Waals surface area contributed by atoms with E-state index < -0.39 is 6.04 Å². The molecule has 9 nitrogen and oxygen atoms in total. The van der Waals surface area contributed by atoms with Gasteiger partial charge in [-0.3, -0.25) is 24.0 Å². The first-order chi connectivity index (χ1) is 18.3. The molecule has 0 saturated carbocycles. The van der Waals surface area contributed by atoms with Gasteiger partial charge in [0.15, 0.2) is 11.6 Å². The number of rotatable bonds is 7. The van der Waals surface area contributed by atoms with E-state index in [-0.39, 0.29) is 30.4 Å². The molecule has 0 spiro atoms. The van der Waals surface area contributed by atoms with Crippen LogP contribution in [0.25, 0.3) is 22.0 Å². The number of hydrogen-bond donors (Lipinski definition) is 0. The molecule has 1 aliphatic heterocycles. The predicted molar refractivity (Wildman–Crippen MR) is 142 cm³/mol. The maximum absolute atomic E-state index is 13.5. The van der Waals surface area contributed by atoms with Crippen LogP contribution in [0.4, 0.5) is 0 Å². The second kappa shape index (κ2) is 10.5. The smallest absolute Gasteiger partial charge is 0.245 e. The SMILES string of the molecule is CC(=O)c1nn(CC(=O)N2CC=CC[C@H]2C(=O)Cc2cccc(C)n2)c2ccc(-c3cnc(C)nc3)cc12. The molecule has 0 bridgehead atoms. The summed E-state index contributed by atoms with van der Waals surface area (Å²) in [6.07, 6.45) is 7.91. The zero-order valence-corrected chi connectivity index (χ0v) is 21.6. The number of aromatic nitrogens is 5. The number of hydrogen-bond acceptors (Lipinski definition) is 7. The lowest BCUT2D eigenvalue weighted by atomic mass is 9.99. The van der Waals surface area contributed by atoms with Gasteiger partial charge in [0, 0.05) is 48.2 Å². The van der Waals surface area contributed by atoms with Crippen LogP contribution in [0, 0.1) is 13.8 Å². The zero-order chi connectivity index (χ0) is 26.8. The number of amides is 1.